The van der Waals surface area contributed by atoms with Gasteiger partial charge in [0.1, 0.15) is 0 Å². The largest absolute Gasteiger partial charge is 0.395 e. The smallest absolute Gasteiger partial charge is 0.194 e. The highest BCUT2D eigenvalue weighted by Crippen LogP contribution is 2.42. The van der Waals surface area contributed by atoms with E-state index in [4.69, 9.17) is 4.98 Å². The van der Waals surface area contributed by atoms with Crippen molar-refractivity contribution >= 4 is 16.3 Å². The fourth-order valence-electron chi connectivity index (χ4n) is 2.84. The van der Waals surface area contributed by atoms with Crippen LogP contribution >= 0.6 is 11.3 Å². The number of hydrogen-bond acceptors (Lipinski definition) is 4. The van der Waals surface area contributed by atoms with Crippen molar-refractivity contribution in [3.63, 3.8) is 0 Å². The average molecular weight is 277 g/mol. The molecule has 4 rings (SSSR count). The van der Waals surface area contributed by atoms with Gasteiger partial charge >= 0.3 is 0 Å². The van der Waals surface area contributed by atoms with Crippen molar-refractivity contribution in [2.45, 2.75) is 44.2 Å². The number of aromatic nitrogens is 2. The zero-order valence-electron chi connectivity index (χ0n) is 11.0. The van der Waals surface area contributed by atoms with E-state index in [0.29, 0.717) is 12.0 Å². The molecule has 0 aromatic carbocycles. The second kappa shape index (κ2) is 4.58. The summed E-state index contributed by atoms with van der Waals surface area (Å²) in [4.78, 5) is 8.37. The Labute approximate surface area is 116 Å². The van der Waals surface area contributed by atoms with Gasteiger partial charge in [-0.2, -0.15) is 0 Å². The van der Waals surface area contributed by atoms with Crippen LogP contribution in [0.3, 0.4) is 0 Å². The highest BCUT2D eigenvalue weighted by molar-refractivity contribution is 7.15. The molecule has 2 heterocycles. The van der Waals surface area contributed by atoms with E-state index in [1.807, 2.05) is 0 Å². The second-order valence-electron chi connectivity index (χ2n) is 5.70. The van der Waals surface area contributed by atoms with E-state index in [1.165, 1.54) is 37.1 Å². The lowest BCUT2D eigenvalue weighted by Crippen LogP contribution is -2.29. The molecule has 2 aromatic rings. The quantitative estimate of drug-likeness (QED) is 0.880. The van der Waals surface area contributed by atoms with E-state index < -0.39 is 0 Å². The second-order valence-corrected chi connectivity index (χ2v) is 6.57. The predicted octanol–water partition coefficient (Wildman–Crippen LogP) is 2.23. The minimum atomic E-state index is 0.251. The predicted molar refractivity (Wildman–Crippen MR) is 75.6 cm³/mol. The van der Waals surface area contributed by atoms with Gasteiger partial charge in [-0.15, -0.1) is 11.3 Å². The van der Waals surface area contributed by atoms with Gasteiger partial charge in [-0.25, -0.2) is 4.98 Å². The van der Waals surface area contributed by atoms with Crippen LogP contribution in [0.4, 0.5) is 0 Å². The highest BCUT2D eigenvalue weighted by Gasteiger charge is 2.34. The van der Waals surface area contributed by atoms with Crippen LogP contribution in [0.1, 0.15) is 43.0 Å². The number of fused-ring (bicyclic) bond motifs is 1. The van der Waals surface area contributed by atoms with Crippen LogP contribution in [0.5, 0.6) is 0 Å². The van der Waals surface area contributed by atoms with Crippen molar-refractivity contribution in [2.75, 3.05) is 13.2 Å². The van der Waals surface area contributed by atoms with Crippen LogP contribution < -0.4 is 0 Å². The Morgan fingerprint density at radius 1 is 1.37 bits per heavy atom. The van der Waals surface area contributed by atoms with Gasteiger partial charge < -0.3 is 5.11 Å². The molecule has 0 bridgehead atoms. The Kier molecular flexibility index (Phi) is 2.86. The molecule has 0 amide bonds. The minimum absolute atomic E-state index is 0.251. The number of rotatable bonds is 6. The van der Waals surface area contributed by atoms with Crippen molar-refractivity contribution in [3.8, 4) is 0 Å². The summed E-state index contributed by atoms with van der Waals surface area (Å²) in [7, 11) is 0. The Hall–Kier alpha value is -0.910. The Bertz CT molecular complexity index is 583. The number of aliphatic hydroxyl groups excluding tert-OH is 1. The van der Waals surface area contributed by atoms with Crippen LogP contribution in [0.2, 0.25) is 0 Å². The van der Waals surface area contributed by atoms with Crippen LogP contribution in [0.25, 0.3) is 4.96 Å². The zero-order chi connectivity index (χ0) is 12.8. The molecule has 0 spiro atoms. The van der Waals surface area contributed by atoms with Gasteiger partial charge in [-0.05, 0) is 25.7 Å². The summed E-state index contributed by atoms with van der Waals surface area (Å²) in [5, 5.41) is 11.4. The number of imidazole rings is 1. The molecule has 102 valence electrons. The van der Waals surface area contributed by atoms with Gasteiger partial charge in [-0.3, -0.25) is 9.30 Å². The maximum absolute atomic E-state index is 9.24. The van der Waals surface area contributed by atoms with Crippen molar-refractivity contribution in [2.24, 2.45) is 0 Å². The molecule has 5 heteroatoms. The minimum Gasteiger partial charge on any atom is -0.395 e. The summed E-state index contributed by atoms with van der Waals surface area (Å²) < 4.78 is 2.26. The van der Waals surface area contributed by atoms with Crippen molar-refractivity contribution in [1.29, 1.82) is 0 Å². The molecule has 4 nitrogen and oxygen atoms in total. The summed E-state index contributed by atoms with van der Waals surface area (Å²) in [6.45, 7) is 1.97. The standard InChI is InChI=1S/C14H19N3OS/c18-7-5-16(11-3-4-11)9-12-13(10-1-2-10)15-14-17(12)6-8-19-14/h6,8,10-11,18H,1-5,7,9H2. The molecule has 19 heavy (non-hydrogen) atoms. The lowest BCUT2D eigenvalue weighted by Gasteiger charge is -2.21. The van der Waals surface area contributed by atoms with Crippen molar-refractivity contribution in [3.05, 3.63) is 23.0 Å². The molecule has 2 fully saturated rings. The van der Waals surface area contributed by atoms with Gasteiger partial charge in [0.2, 0.25) is 0 Å². The highest BCUT2D eigenvalue weighted by atomic mass is 32.1. The van der Waals surface area contributed by atoms with Gasteiger partial charge in [0.15, 0.2) is 4.96 Å². The first kappa shape index (κ1) is 11.9. The molecular formula is C14H19N3OS. The molecule has 0 atom stereocenters. The monoisotopic (exact) mass is 277 g/mol. The van der Waals surface area contributed by atoms with Gasteiger partial charge in [0, 0.05) is 36.6 Å². The molecule has 2 saturated carbocycles. The first-order valence-electron chi connectivity index (χ1n) is 7.16. The molecule has 0 radical (unpaired) electrons. The molecule has 0 unspecified atom stereocenters. The lowest BCUT2D eigenvalue weighted by atomic mass is 10.2. The van der Waals surface area contributed by atoms with Crippen LogP contribution in [-0.4, -0.2) is 38.6 Å². The fourth-order valence-corrected chi connectivity index (χ4v) is 3.58. The number of hydrogen-bond donors (Lipinski definition) is 1. The van der Waals surface area contributed by atoms with E-state index in [0.717, 1.165) is 18.1 Å². The third-order valence-electron chi connectivity index (χ3n) is 4.16. The van der Waals surface area contributed by atoms with Crippen LogP contribution in [-0.2, 0) is 6.54 Å². The van der Waals surface area contributed by atoms with Gasteiger partial charge in [-0.1, -0.05) is 0 Å². The topological polar surface area (TPSA) is 40.8 Å². The zero-order valence-corrected chi connectivity index (χ0v) is 11.8. The molecule has 1 N–H and O–H groups in total. The van der Waals surface area contributed by atoms with Crippen molar-refractivity contribution < 1.29 is 5.11 Å². The van der Waals surface area contributed by atoms with Crippen molar-refractivity contribution in [1.82, 2.24) is 14.3 Å². The van der Waals surface area contributed by atoms with E-state index in [9.17, 15) is 5.11 Å². The number of thiazole rings is 1. The molecule has 0 aliphatic heterocycles. The summed E-state index contributed by atoms with van der Waals surface area (Å²) in [6.07, 6.45) is 7.29. The molecule has 2 aliphatic rings. The van der Waals surface area contributed by atoms with E-state index in [1.54, 1.807) is 11.3 Å². The van der Waals surface area contributed by atoms with Crippen LogP contribution in [0.15, 0.2) is 11.6 Å². The summed E-state index contributed by atoms with van der Waals surface area (Å²) in [5.41, 5.74) is 2.68. The first-order valence-corrected chi connectivity index (χ1v) is 8.04. The molecule has 0 saturated heterocycles. The average Bonchev–Trinajstić information content (AvgIpc) is 3.31. The Morgan fingerprint density at radius 2 is 2.21 bits per heavy atom. The van der Waals surface area contributed by atoms with Gasteiger partial charge in [0.05, 0.1) is 18.0 Å². The van der Waals surface area contributed by atoms with E-state index >= 15 is 0 Å². The van der Waals surface area contributed by atoms with Crippen LogP contribution in [0, 0.1) is 0 Å². The number of aliphatic hydroxyl groups is 1. The maximum atomic E-state index is 9.24. The first-order chi connectivity index (χ1) is 9.36. The molecule has 2 aliphatic carbocycles. The van der Waals surface area contributed by atoms with Gasteiger partial charge in [0.25, 0.3) is 0 Å². The maximum Gasteiger partial charge on any atom is 0.194 e. The van der Waals surface area contributed by atoms with E-state index in [2.05, 4.69) is 20.9 Å². The fraction of sp³-hybridized carbons (Fsp3) is 0.643. The lowest BCUT2D eigenvalue weighted by molar-refractivity contribution is 0.181. The SMILES string of the molecule is OCCN(Cc1c(C2CC2)nc2sccn12)C1CC1. The number of nitrogens with zero attached hydrogens (tertiary/aromatic N) is 3. The third kappa shape index (κ3) is 2.20. The summed E-state index contributed by atoms with van der Waals surface area (Å²) in [5.74, 6) is 0.692. The summed E-state index contributed by atoms with van der Waals surface area (Å²) >= 11 is 1.72. The Morgan fingerprint density at radius 3 is 2.89 bits per heavy atom. The molecular weight excluding hydrogens is 258 g/mol. The normalized spacial score (nSPS) is 19.7. The molecule has 2 aromatic heterocycles. The van der Waals surface area contributed by atoms with E-state index in [-0.39, 0.29) is 6.61 Å². The Balaban J connectivity index is 1.67. The third-order valence-corrected chi connectivity index (χ3v) is 4.92. The summed E-state index contributed by atoms with van der Waals surface area (Å²) in [6, 6.07) is 0.684.